The van der Waals surface area contributed by atoms with Crippen LogP contribution in [0.25, 0.3) is 0 Å². The number of nitrogens with zero attached hydrogens (tertiary/aromatic N) is 1. The minimum absolute atomic E-state index is 0.0826. The van der Waals surface area contributed by atoms with Crippen molar-refractivity contribution in [2.24, 2.45) is 10.7 Å². The number of benzene rings is 2. The maximum absolute atomic E-state index is 5.52. The number of thiocarbonyl (C=S) groups is 1. The van der Waals surface area contributed by atoms with Crippen LogP contribution in [-0.2, 0) is 0 Å². The van der Waals surface area contributed by atoms with E-state index in [-0.39, 0.29) is 5.11 Å². The molecule has 0 saturated heterocycles. The number of ether oxygens (including phenoxy) is 1. The summed E-state index contributed by atoms with van der Waals surface area (Å²) >= 11 is 4.86. The fraction of sp³-hybridized carbons (Fsp3) is 0.0667. The van der Waals surface area contributed by atoms with Crippen LogP contribution in [0.1, 0.15) is 5.56 Å². The Balaban J connectivity index is 2.30. The van der Waals surface area contributed by atoms with Gasteiger partial charge in [0.05, 0.1) is 7.11 Å². The average molecular weight is 285 g/mol. The van der Waals surface area contributed by atoms with Crippen molar-refractivity contribution in [1.29, 1.82) is 0 Å². The van der Waals surface area contributed by atoms with Crippen molar-refractivity contribution in [3.05, 3.63) is 60.2 Å². The zero-order valence-corrected chi connectivity index (χ0v) is 11.9. The first-order valence-corrected chi connectivity index (χ1v) is 6.44. The van der Waals surface area contributed by atoms with Crippen molar-refractivity contribution in [1.82, 2.24) is 0 Å². The molecule has 0 saturated carbocycles. The first-order valence-electron chi connectivity index (χ1n) is 6.03. The van der Waals surface area contributed by atoms with Gasteiger partial charge in [0, 0.05) is 11.3 Å². The van der Waals surface area contributed by atoms with Gasteiger partial charge < -0.3 is 15.8 Å². The van der Waals surface area contributed by atoms with Crippen molar-refractivity contribution < 1.29 is 4.74 Å². The molecule has 0 amide bonds. The van der Waals surface area contributed by atoms with Gasteiger partial charge in [-0.15, -0.1) is 0 Å². The molecule has 0 aromatic heterocycles. The Labute approximate surface area is 123 Å². The molecule has 0 bridgehead atoms. The van der Waals surface area contributed by atoms with Crippen molar-refractivity contribution in [3.63, 3.8) is 0 Å². The number of nitrogens with two attached hydrogens (primary N) is 1. The number of anilines is 1. The summed E-state index contributed by atoms with van der Waals surface area (Å²) in [7, 11) is 1.63. The molecular formula is C15H15N3OS. The summed E-state index contributed by atoms with van der Waals surface area (Å²) in [4.78, 5) is 4.17. The molecule has 0 heterocycles. The van der Waals surface area contributed by atoms with E-state index in [4.69, 9.17) is 22.7 Å². The fourth-order valence-corrected chi connectivity index (χ4v) is 1.77. The lowest BCUT2D eigenvalue weighted by atomic mass is 10.2. The fourth-order valence-electron chi connectivity index (χ4n) is 1.68. The quantitative estimate of drug-likeness (QED) is 0.517. The molecule has 0 unspecified atom stereocenters. The Kier molecular flexibility index (Phi) is 4.68. The van der Waals surface area contributed by atoms with Gasteiger partial charge >= 0.3 is 0 Å². The first-order chi connectivity index (χ1) is 9.69. The van der Waals surface area contributed by atoms with E-state index in [1.54, 1.807) is 7.11 Å². The number of methoxy groups -OCH3 is 1. The molecule has 0 fully saturated rings. The molecule has 2 aromatic carbocycles. The predicted octanol–water partition coefficient (Wildman–Crippen LogP) is 2.80. The van der Waals surface area contributed by atoms with Crippen LogP contribution in [-0.4, -0.2) is 18.1 Å². The van der Waals surface area contributed by atoms with E-state index in [1.165, 1.54) is 0 Å². The van der Waals surface area contributed by atoms with Gasteiger partial charge in [-0.2, -0.15) is 0 Å². The van der Waals surface area contributed by atoms with Crippen LogP contribution in [0.2, 0.25) is 0 Å². The summed E-state index contributed by atoms with van der Waals surface area (Å²) in [5.41, 5.74) is 7.31. The monoisotopic (exact) mass is 285 g/mol. The van der Waals surface area contributed by atoms with Gasteiger partial charge in [-0.3, -0.25) is 0 Å². The lowest BCUT2D eigenvalue weighted by Gasteiger charge is -2.10. The molecule has 0 aliphatic heterocycles. The van der Waals surface area contributed by atoms with Gasteiger partial charge in [0.25, 0.3) is 0 Å². The van der Waals surface area contributed by atoms with Gasteiger partial charge in [0.1, 0.15) is 11.6 Å². The molecule has 102 valence electrons. The second-order valence-corrected chi connectivity index (χ2v) is 4.44. The molecule has 2 aromatic rings. The third-order valence-corrected chi connectivity index (χ3v) is 2.71. The predicted molar refractivity (Wildman–Crippen MR) is 86.4 cm³/mol. The van der Waals surface area contributed by atoms with E-state index >= 15 is 0 Å². The van der Waals surface area contributed by atoms with Crippen LogP contribution < -0.4 is 15.8 Å². The van der Waals surface area contributed by atoms with E-state index in [0.717, 1.165) is 17.0 Å². The Morgan fingerprint density at radius 2 is 1.75 bits per heavy atom. The molecule has 2 rings (SSSR count). The second-order valence-electron chi connectivity index (χ2n) is 4.02. The molecule has 0 atom stereocenters. The lowest BCUT2D eigenvalue weighted by Crippen LogP contribution is -2.18. The van der Waals surface area contributed by atoms with Crippen LogP contribution in [0.15, 0.2) is 59.6 Å². The average Bonchev–Trinajstić information content (AvgIpc) is 2.47. The van der Waals surface area contributed by atoms with Crippen LogP contribution in [0, 0.1) is 0 Å². The summed E-state index contributed by atoms with van der Waals surface area (Å²) in [5.74, 6) is 1.38. The van der Waals surface area contributed by atoms with E-state index in [9.17, 15) is 0 Å². The molecule has 3 N–H and O–H groups in total. The molecule has 0 aliphatic rings. The highest BCUT2D eigenvalue weighted by Crippen LogP contribution is 2.14. The maximum Gasteiger partial charge on any atom is 0.192 e. The zero-order chi connectivity index (χ0) is 14.4. The summed E-state index contributed by atoms with van der Waals surface area (Å²) in [5, 5.41) is 3.29. The Hall–Kier alpha value is -2.40. The van der Waals surface area contributed by atoms with Gasteiger partial charge in [-0.05, 0) is 48.6 Å². The minimum Gasteiger partial charge on any atom is -0.497 e. The molecular weight excluding hydrogens is 270 g/mol. The molecule has 4 nitrogen and oxygen atoms in total. The summed E-state index contributed by atoms with van der Waals surface area (Å²) in [6, 6.07) is 17.2. The molecule has 20 heavy (non-hydrogen) atoms. The number of aliphatic imine (C=N–C) groups is 1. The zero-order valence-electron chi connectivity index (χ0n) is 11.0. The SMILES string of the molecule is COc1ccc(/C(=N\C(N)=S)Nc2ccccc2)cc1. The molecule has 0 aliphatic carbocycles. The number of rotatable bonds is 3. The third kappa shape index (κ3) is 3.80. The van der Waals surface area contributed by atoms with E-state index in [1.807, 2.05) is 54.6 Å². The summed E-state index contributed by atoms with van der Waals surface area (Å²) in [6.45, 7) is 0. The van der Waals surface area contributed by atoms with Crippen molar-refractivity contribution in [2.75, 3.05) is 12.4 Å². The smallest absolute Gasteiger partial charge is 0.192 e. The highest BCUT2D eigenvalue weighted by molar-refractivity contribution is 7.80. The topological polar surface area (TPSA) is 59.6 Å². The largest absolute Gasteiger partial charge is 0.497 e. The Morgan fingerprint density at radius 1 is 1.10 bits per heavy atom. The Bertz CT molecular complexity index is 609. The van der Waals surface area contributed by atoms with E-state index in [2.05, 4.69) is 10.3 Å². The van der Waals surface area contributed by atoms with Crippen molar-refractivity contribution in [3.8, 4) is 5.75 Å². The highest BCUT2D eigenvalue weighted by Gasteiger charge is 2.05. The van der Waals surface area contributed by atoms with E-state index in [0.29, 0.717) is 5.84 Å². The highest BCUT2D eigenvalue weighted by atomic mass is 32.1. The van der Waals surface area contributed by atoms with Crippen molar-refractivity contribution in [2.45, 2.75) is 0 Å². The normalized spacial score (nSPS) is 10.9. The van der Waals surface area contributed by atoms with Gasteiger partial charge in [0.2, 0.25) is 0 Å². The van der Waals surface area contributed by atoms with Crippen LogP contribution in [0.4, 0.5) is 5.69 Å². The van der Waals surface area contributed by atoms with E-state index < -0.39 is 0 Å². The number of hydrogen-bond acceptors (Lipinski definition) is 2. The summed E-state index contributed by atoms with van der Waals surface area (Å²) < 4.78 is 5.14. The first kappa shape index (κ1) is 14.0. The van der Waals surface area contributed by atoms with Gasteiger partial charge in [-0.1, -0.05) is 18.2 Å². The standard InChI is InChI=1S/C15H15N3OS/c1-19-13-9-7-11(8-10-13)14(18-15(16)20)17-12-5-3-2-4-6-12/h2-10H,1H3,(H3,16,17,18,20). The molecule has 0 spiro atoms. The van der Waals surface area contributed by atoms with Gasteiger partial charge in [-0.25, -0.2) is 4.99 Å². The van der Waals surface area contributed by atoms with Crippen LogP contribution in [0.5, 0.6) is 5.75 Å². The van der Waals surface area contributed by atoms with Gasteiger partial charge in [0.15, 0.2) is 5.11 Å². The summed E-state index contributed by atoms with van der Waals surface area (Å²) in [6.07, 6.45) is 0. The molecule has 0 radical (unpaired) electrons. The number of amidine groups is 1. The Morgan fingerprint density at radius 3 is 2.30 bits per heavy atom. The second kappa shape index (κ2) is 6.68. The van der Waals surface area contributed by atoms with Crippen LogP contribution >= 0.6 is 12.2 Å². The number of para-hydroxylation sites is 1. The maximum atomic E-state index is 5.52. The lowest BCUT2D eigenvalue weighted by molar-refractivity contribution is 0.415. The third-order valence-electron chi connectivity index (χ3n) is 2.62. The van der Waals surface area contributed by atoms with Crippen molar-refractivity contribution >= 4 is 28.9 Å². The minimum atomic E-state index is 0.0826. The molecule has 5 heteroatoms. The number of nitrogens with one attached hydrogen (secondary N) is 1. The van der Waals surface area contributed by atoms with Crippen LogP contribution in [0.3, 0.4) is 0 Å². The number of hydrogen-bond donors (Lipinski definition) is 2.